The fraction of sp³-hybridized carbons (Fsp3) is 0.500. The highest BCUT2D eigenvalue weighted by Crippen LogP contribution is 2.51. The minimum absolute atomic E-state index is 0.280. The summed E-state index contributed by atoms with van der Waals surface area (Å²) in [5, 5.41) is 31.4. The molecule has 9 nitrogen and oxygen atoms in total. The molecule has 31 heavy (non-hydrogen) atoms. The van der Waals surface area contributed by atoms with Crippen LogP contribution in [-0.4, -0.2) is 50.4 Å². The molecule has 2 saturated heterocycles. The number of nitrogens with zero attached hydrogens (tertiary/aromatic N) is 2. The van der Waals surface area contributed by atoms with Crippen LogP contribution in [-0.2, 0) is 19.2 Å². The van der Waals surface area contributed by atoms with Crippen LogP contribution in [0.15, 0.2) is 24.3 Å². The SMILES string of the molecule is N#Cc1ccc(C2NC(CC(=O)O)(C(=O)O)C3C(=O)N(C4CCCCC4)C(=O)C23)cc1. The second-order valence-corrected chi connectivity index (χ2v) is 8.54. The predicted molar refractivity (Wildman–Crippen MR) is 105 cm³/mol. The molecule has 3 aliphatic rings. The summed E-state index contributed by atoms with van der Waals surface area (Å²) in [5.74, 6) is -6.21. The maximum absolute atomic E-state index is 13.5. The molecule has 9 heteroatoms. The number of likely N-dealkylation sites (tertiary alicyclic amines) is 1. The Hall–Kier alpha value is -3.25. The van der Waals surface area contributed by atoms with Gasteiger partial charge in [-0.3, -0.25) is 29.4 Å². The fourth-order valence-electron chi connectivity index (χ4n) is 5.45. The van der Waals surface area contributed by atoms with Crippen LogP contribution in [0.1, 0.15) is 55.7 Å². The third-order valence-corrected chi connectivity index (χ3v) is 6.84. The number of carboxylic acids is 2. The van der Waals surface area contributed by atoms with E-state index in [1.165, 1.54) is 4.90 Å². The lowest BCUT2D eigenvalue weighted by Crippen LogP contribution is -2.57. The average Bonchev–Trinajstić information content (AvgIpc) is 3.23. The maximum Gasteiger partial charge on any atom is 0.325 e. The van der Waals surface area contributed by atoms with Gasteiger partial charge in [0.05, 0.1) is 29.9 Å². The van der Waals surface area contributed by atoms with E-state index in [0.717, 1.165) is 19.3 Å². The number of carbonyl (C=O) groups excluding carboxylic acids is 2. The molecule has 162 valence electrons. The van der Waals surface area contributed by atoms with Gasteiger partial charge in [0.1, 0.15) is 5.54 Å². The van der Waals surface area contributed by atoms with Crippen molar-refractivity contribution in [3.8, 4) is 6.07 Å². The standard InChI is InChI=1S/C22H23N3O6/c23-11-12-6-8-13(9-7-12)18-16-17(22(24-18,21(30)31)10-15(26)27)20(29)25(19(16)28)14-4-2-1-3-5-14/h6-9,14,16-18,24H,1-5,10H2,(H,26,27)(H,30,31). The number of hydrogen-bond acceptors (Lipinski definition) is 6. The largest absolute Gasteiger partial charge is 0.481 e. The number of amides is 2. The van der Waals surface area contributed by atoms with Gasteiger partial charge in [0, 0.05) is 12.1 Å². The first-order valence-corrected chi connectivity index (χ1v) is 10.4. The Kier molecular flexibility index (Phi) is 5.27. The number of fused-ring (bicyclic) bond motifs is 1. The molecule has 2 amide bonds. The summed E-state index contributed by atoms with van der Waals surface area (Å²) in [6.07, 6.45) is 3.30. The summed E-state index contributed by atoms with van der Waals surface area (Å²) in [5.41, 5.74) is -1.16. The molecule has 1 saturated carbocycles. The second kappa shape index (κ2) is 7.78. The molecule has 0 spiro atoms. The molecule has 3 N–H and O–H groups in total. The van der Waals surface area contributed by atoms with Crippen molar-refractivity contribution in [3.05, 3.63) is 35.4 Å². The zero-order valence-electron chi connectivity index (χ0n) is 16.8. The van der Waals surface area contributed by atoms with Crippen LogP contribution in [0, 0.1) is 23.2 Å². The third-order valence-electron chi connectivity index (χ3n) is 6.84. The quantitative estimate of drug-likeness (QED) is 0.600. The lowest BCUT2D eigenvalue weighted by Gasteiger charge is -2.34. The molecule has 0 radical (unpaired) electrons. The van der Waals surface area contributed by atoms with Crippen molar-refractivity contribution in [2.75, 3.05) is 0 Å². The molecule has 2 heterocycles. The van der Waals surface area contributed by atoms with Crippen molar-refractivity contribution >= 4 is 23.8 Å². The lowest BCUT2D eigenvalue weighted by atomic mass is 9.77. The summed E-state index contributed by atoms with van der Waals surface area (Å²) >= 11 is 0. The molecular weight excluding hydrogens is 402 g/mol. The minimum atomic E-state index is -2.09. The van der Waals surface area contributed by atoms with Gasteiger partial charge in [-0.25, -0.2) is 0 Å². The van der Waals surface area contributed by atoms with E-state index in [2.05, 4.69) is 5.32 Å². The summed E-state index contributed by atoms with van der Waals surface area (Å²) in [6, 6.07) is 7.17. The van der Waals surface area contributed by atoms with E-state index >= 15 is 0 Å². The van der Waals surface area contributed by atoms with Crippen LogP contribution in [0.3, 0.4) is 0 Å². The van der Waals surface area contributed by atoms with E-state index < -0.39 is 53.6 Å². The first-order chi connectivity index (χ1) is 14.8. The van der Waals surface area contributed by atoms with E-state index in [4.69, 9.17) is 5.26 Å². The highest BCUT2D eigenvalue weighted by Gasteiger charge is 2.69. The number of nitriles is 1. The topological polar surface area (TPSA) is 148 Å². The number of hydrogen-bond donors (Lipinski definition) is 3. The molecule has 4 atom stereocenters. The first kappa shape index (κ1) is 21.0. The number of aliphatic carboxylic acids is 2. The smallest absolute Gasteiger partial charge is 0.325 e. The number of carbonyl (C=O) groups is 4. The highest BCUT2D eigenvalue weighted by molar-refractivity contribution is 6.10. The van der Waals surface area contributed by atoms with Gasteiger partial charge in [-0.2, -0.15) is 5.26 Å². The van der Waals surface area contributed by atoms with Gasteiger partial charge >= 0.3 is 11.9 Å². The van der Waals surface area contributed by atoms with Crippen LogP contribution < -0.4 is 5.32 Å². The van der Waals surface area contributed by atoms with E-state index in [9.17, 15) is 29.4 Å². The zero-order valence-corrected chi connectivity index (χ0v) is 16.8. The monoisotopic (exact) mass is 425 g/mol. The van der Waals surface area contributed by atoms with E-state index in [0.29, 0.717) is 24.0 Å². The normalized spacial score (nSPS) is 30.8. The molecule has 4 rings (SSSR count). The van der Waals surface area contributed by atoms with Crippen LogP contribution in [0.25, 0.3) is 0 Å². The molecule has 4 unspecified atom stereocenters. The predicted octanol–water partition coefficient (Wildman–Crippen LogP) is 1.43. The maximum atomic E-state index is 13.5. The number of rotatable bonds is 5. The van der Waals surface area contributed by atoms with Crippen molar-refractivity contribution < 1.29 is 29.4 Å². The molecule has 1 aromatic carbocycles. The van der Waals surface area contributed by atoms with Crippen LogP contribution >= 0.6 is 0 Å². The van der Waals surface area contributed by atoms with E-state index in [1.54, 1.807) is 24.3 Å². The highest BCUT2D eigenvalue weighted by atomic mass is 16.4. The van der Waals surface area contributed by atoms with E-state index in [-0.39, 0.29) is 6.04 Å². The third kappa shape index (κ3) is 3.27. The Morgan fingerprint density at radius 1 is 1.10 bits per heavy atom. The zero-order chi connectivity index (χ0) is 22.3. The van der Waals surface area contributed by atoms with Crippen molar-refractivity contribution in [2.24, 2.45) is 11.8 Å². The van der Waals surface area contributed by atoms with Crippen LogP contribution in [0.5, 0.6) is 0 Å². The number of nitrogens with one attached hydrogen (secondary N) is 1. The molecule has 1 aliphatic carbocycles. The molecular formula is C22H23N3O6. The molecule has 0 aromatic heterocycles. The fourth-order valence-corrected chi connectivity index (χ4v) is 5.45. The van der Waals surface area contributed by atoms with Crippen molar-refractivity contribution in [3.63, 3.8) is 0 Å². The van der Waals surface area contributed by atoms with Gasteiger partial charge < -0.3 is 10.2 Å². The first-order valence-electron chi connectivity index (χ1n) is 10.4. The Morgan fingerprint density at radius 2 is 1.74 bits per heavy atom. The van der Waals surface area contributed by atoms with Gasteiger partial charge in [-0.05, 0) is 30.5 Å². The Bertz CT molecular complexity index is 978. The Morgan fingerprint density at radius 3 is 2.29 bits per heavy atom. The average molecular weight is 425 g/mol. The number of benzene rings is 1. The summed E-state index contributed by atoms with van der Waals surface area (Å²) in [6.45, 7) is 0. The van der Waals surface area contributed by atoms with Crippen LogP contribution in [0.4, 0.5) is 0 Å². The van der Waals surface area contributed by atoms with Crippen molar-refractivity contribution in [1.82, 2.24) is 10.2 Å². The number of carboxylic acid groups (broad SMARTS) is 2. The number of imide groups is 1. The van der Waals surface area contributed by atoms with Crippen molar-refractivity contribution in [1.29, 1.82) is 5.26 Å². The molecule has 1 aromatic rings. The summed E-state index contributed by atoms with van der Waals surface area (Å²) in [4.78, 5) is 52.1. The van der Waals surface area contributed by atoms with Gasteiger partial charge in [-0.15, -0.1) is 0 Å². The minimum Gasteiger partial charge on any atom is -0.481 e. The van der Waals surface area contributed by atoms with Gasteiger partial charge in [-0.1, -0.05) is 31.4 Å². The molecule has 2 aliphatic heterocycles. The molecule has 3 fully saturated rings. The van der Waals surface area contributed by atoms with Gasteiger partial charge in [0.25, 0.3) is 0 Å². The lowest BCUT2D eigenvalue weighted by molar-refractivity contribution is -0.156. The second-order valence-electron chi connectivity index (χ2n) is 8.54. The Labute approximate surface area is 178 Å². The summed E-state index contributed by atoms with van der Waals surface area (Å²) < 4.78 is 0. The van der Waals surface area contributed by atoms with E-state index in [1.807, 2.05) is 6.07 Å². The molecule has 0 bridgehead atoms. The Balaban J connectivity index is 1.80. The van der Waals surface area contributed by atoms with Gasteiger partial charge in [0.2, 0.25) is 11.8 Å². The van der Waals surface area contributed by atoms with Gasteiger partial charge in [0.15, 0.2) is 0 Å². The van der Waals surface area contributed by atoms with Crippen molar-refractivity contribution in [2.45, 2.75) is 56.1 Å². The summed E-state index contributed by atoms with van der Waals surface area (Å²) in [7, 11) is 0. The van der Waals surface area contributed by atoms with Crippen LogP contribution in [0.2, 0.25) is 0 Å².